The van der Waals surface area contributed by atoms with E-state index in [1.165, 1.54) is 0 Å². The quantitative estimate of drug-likeness (QED) is 0.937. The van der Waals surface area contributed by atoms with Crippen LogP contribution in [0.1, 0.15) is 25.7 Å². The van der Waals surface area contributed by atoms with Crippen LogP contribution in [-0.4, -0.2) is 42.0 Å². The fourth-order valence-electron chi connectivity index (χ4n) is 3.15. The molecule has 22 heavy (non-hydrogen) atoms. The number of hydrogen-bond acceptors (Lipinski definition) is 4. The highest BCUT2D eigenvalue weighted by Gasteiger charge is 2.33. The molecule has 0 aliphatic carbocycles. The zero-order chi connectivity index (χ0) is 15.6. The monoisotopic (exact) mass is 320 g/mol. The van der Waals surface area contributed by atoms with Crippen LogP contribution in [0.3, 0.4) is 0 Å². The van der Waals surface area contributed by atoms with E-state index in [9.17, 15) is 13.5 Å². The molecule has 2 heterocycles. The summed E-state index contributed by atoms with van der Waals surface area (Å²) in [4.78, 5) is 4.54. The third kappa shape index (κ3) is 2.74. The zero-order valence-corrected chi connectivity index (χ0v) is 13.2. The SMILES string of the molecule is O=S(=O)(c1cccc2ncccc12)N1CCCC[C@H]1CCO. The molecular formula is C16H20N2O3S. The van der Waals surface area contributed by atoms with Crippen molar-refractivity contribution in [2.45, 2.75) is 36.6 Å². The van der Waals surface area contributed by atoms with Gasteiger partial charge in [-0.15, -0.1) is 0 Å². The number of sulfonamides is 1. The summed E-state index contributed by atoms with van der Waals surface area (Å²) in [5.41, 5.74) is 0.680. The maximum Gasteiger partial charge on any atom is 0.243 e. The number of rotatable bonds is 4. The average molecular weight is 320 g/mol. The molecule has 0 saturated carbocycles. The van der Waals surface area contributed by atoms with E-state index in [4.69, 9.17) is 0 Å². The van der Waals surface area contributed by atoms with Gasteiger partial charge in [0.1, 0.15) is 0 Å². The third-order valence-corrected chi connectivity index (χ3v) is 6.24. The summed E-state index contributed by atoms with van der Waals surface area (Å²) in [6.45, 7) is 0.525. The fourth-order valence-corrected chi connectivity index (χ4v) is 5.08. The second-order valence-electron chi connectivity index (χ2n) is 5.60. The Morgan fingerprint density at radius 2 is 2.09 bits per heavy atom. The van der Waals surface area contributed by atoms with Gasteiger partial charge in [-0.1, -0.05) is 12.5 Å². The number of nitrogens with zero attached hydrogens (tertiary/aromatic N) is 2. The number of benzene rings is 1. The van der Waals surface area contributed by atoms with Gasteiger partial charge in [0, 0.05) is 30.8 Å². The molecule has 2 aromatic rings. The van der Waals surface area contributed by atoms with Crippen molar-refractivity contribution < 1.29 is 13.5 Å². The lowest BCUT2D eigenvalue weighted by atomic mass is 10.0. The largest absolute Gasteiger partial charge is 0.396 e. The van der Waals surface area contributed by atoms with Gasteiger partial charge in [0.05, 0.1) is 10.4 Å². The zero-order valence-electron chi connectivity index (χ0n) is 12.4. The van der Waals surface area contributed by atoms with Gasteiger partial charge in [0.2, 0.25) is 10.0 Å². The van der Waals surface area contributed by atoms with Crippen molar-refractivity contribution in [2.24, 2.45) is 0 Å². The molecule has 6 heteroatoms. The van der Waals surface area contributed by atoms with Gasteiger partial charge in [-0.25, -0.2) is 8.42 Å². The first-order chi connectivity index (χ1) is 10.6. The van der Waals surface area contributed by atoms with Crippen molar-refractivity contribution in [3.05, 3.63) is 36.5 Å². The molecule has 3 rings (SSSR count). The lowest BCUT2D eigenvalue weighted by Gasteiger charge is -2.34. The van der Waals surface area contributed by atoms with Gasteiger partial charge in [0.15, 0.2) is 0 Å². The topological polar surface area (TPSA) is 70.5 Å². The van der Waals surface area contributed by atoms with Crippen LogP contribution in [-0.2, 0) is 10.0 Å². The van der Waals surface area contributed by atoms with Crippen molar-refractivity contribution in [1.82, 2.24) is 9.29 Å². The van der Waals surface area contributed by atoms with Crippen LogP contribution < -0.4 is 0 Å². The smallest absolute Gasteiger partial charge is 0.243 e. The highest BCUT2D eigenvalue weighted by Crippen LogP contribution is 2.30. The van der Waals surface area contributed by atoms with Crippen LogP contribution in [0, 0.1) is 0 Å². The van der Waals surface area contributed by atoms with E-state index in [-0.39, 0.29) is 12.6 Å². The molecule has 1 atom stereocenters. The molecule has 1 fully saturated rings. The van der Waals surface area contributed by atoms with Gasteiger partial charge in [-0.05, 0) is 43.5 Å². The molecule has 1 aliphatic heterocycles. The summed E-state index contributed by atoms with van der Waals surface area (Å²) >= 11 is 0. The van der Waals surface area contributed by atoms with Gasteiger partial charge in [-0.3, -0.25) is 4.98 Å². The fraction of sp³-hybridized carbons (Fsp3) is 0.438. The maximum atomic E-state index is 13.1. The van der Waals surface area contributed by atoms with Gasteiger partial charge >= 0.3 is 0 Å². The summed E-state index contributed by atoms with van der Waals surface area (Å²) < 4.78 is 27.8. The van der Waals surface area contributed by atoms with Crippen LogP contribution in [0.15, 0.2) is 41.4 Å². The molecule has 1 N–H and O–H groups in total. The minimum Gasteiger partial charge on any atom is -0.396 e. The van der Waals surface area contributed by atoms with Crippen LogP contribution in [0.2, 0.25) is 0 Å². The molecule has 5 nitrogen and oxygen atoms in total. The Bertz CT molecular complexity index is 754. The van der Waals surface area contributed by atoms with Crippen LogP contribution in [0.4, 0.5) is 0 Å². The summed E-state index contributed by atoms with van der Waals surface area (Å²) in [6.07, 6.45) is 4.83. The first kappa shape index (κ1) is 15.4. The molecule has 0 amide bonds. The van der Waals surface area contributed by atoms with Crippen molar-refractivity contribution in [3.63, 3.8) is 0 Å². The van der Waals surface area contributed by atoms with Gasteiger partial charge < -0.3 is 5.11 Å². The highest BCUT2D eigenvalue weighted by atomic mass is 32.2. The Hall–Kier alpha value is -1.50. The second kappa shape index (κ2) is 6.32. The van der Waals surface area contributed by atoms with Crippen LogP contribution >= 0.6 is 0 Å². The lowest BCUT2D eigenvalue weighted by Crippen LogP contribution is -2.44. The van der Waals surface area contributed by atoms with E-state index in [1.54, 1.807) is 34.8 Å². The minimum absolute atomic E-state index is 0.00772. The number of piperidine rings is 1. The number of fused-ring (bicyclic) bond motifs is 1. The van der Waals surface area contributed by atoms with Crippen molar-refractivity contribution >= 4 is 20.9 Å². The van der Waals surface area contributed by atoms with Gasteiger partial charge in [-0.2, -0.15) is 4.31 Å². The maximum absolute atomic E-state index is 13.1. The normalized spacial score (nSPS) is 20.3. The van der Waals surface area contributed by atoms with Gasteiger partial charge in [0.25, 0.3) is 0 Å². The Kier molecular flexibility index (Phi) is 4.42. The molecule has 1 aromatic carbocycles. The second-order valence-corrected chi connectivity index (χ2v) is 7.46. The number of pyridine rings is 1. The molecule has 0 radical (unpaired) electrons. The molecule has 0 bridgehead atoms. The van der Waals surface area contributed by atoms with E-state index >= 15 is 0 Å². The van der Waals surface area contributed by atoms with Crippen molar-refractivity contribution in [1.29, 1.82) is 0 Å². The van der Waals surface area contributed by atoms with E-state index in [2.05, 4.69) is 4.98 Å². The molecular weight excluding hydrogens is 300 g/mol. The number of aliphatic hydroxyl groups excluding tert-OH is 1. The Morgan fingerprint density at radius 3 is 2.91 bits per heavy atom. The van der Waals surface area contributed by atoms with Crippen molar-refractivity contribution in [2.75, 3.05) is 13.2 Å². The van der Waals surface area contributed by atoms with E-state index in [0.717, 1.165) is 19.3 Å². The minimum atomic E-state index is -3.58. The van der Waals surface area contributed by atoms with E-state index in [0.29, 0.717) is 28.8 Å². The predicted octanol–water partition coefficient (Wildman–Crippen LogP) is 2.16. The Balaban J connectivity index is 2.07. The number of hydrogen-bond donors (Lipinski definition) is 1. The van der Waals surface area contributed by atoms with E-state index < -0.39 is 10.0 Å². The molecule has 1 saturated heterocycles. The first-order valence-corrected chi connectivity index (χ1v) is 9.05. The number of aromatic nitrogens is 1. The lowest BCUT2D eigenvalue weighted by molar-refractivity contribution is 0.192. The Labute approximate surface area is 130 Å². The average Bonchev–Trinajstić information content (AvgIpc) is 2.55. The summed E-state index contributed by atoms with van der Waals surface area (Å²) in [7, 11) is -3.58. The van der Waals surface area contributed by atoms with Crippen LogP contribution in [0.5, 0.6) is 0 Å². The van der Waals surface area contributed by atoms with Crippen LogP contribution in [0.25, 0.3) is 10.9 Å². The highest BCUT2D eigenvalue weighted by molar-refractivity contribution is 7.89. The number of aliphatic hydroxyl groups is 1. The standard InChI is InChI=1S/C16H20N2O3S/c19-12-9-13-5-1-2-11-18(13)22(20,21)16-8-3-7-15-14(16)6-4-10-17-15/h3-4,6-8,10,13,19H,1-2,5,9,11-12H2/t13-/m0/s1. The van der Waals surface area contributed by atoms with E-state index in [1.807, 2.05) is 6.07 Å². The molecule has 1 aliphatic rings. The summed E-state index contributed by atoms with van der Waals surface area (Å²) in [5.74, 6) is 0. The summed E-state index contributed by atoms with van der Waals surface area (Å²) in [6, 6.07) is 8.62. The first-order valence-electron chi connectivity index (χ1n) is 7.61. The van der Waals surface area contributed by atoms with Crippen molar-refractivity contribution in [3.8, 4) is 0 Å². The predicted molar refractivity (Wildman–Crippen MR) is 85.0 cm³/mol. The Morgan fingerprint density at radius 1 is 1.23 bits per heavy atom. The molecule has 0 spiro atoms. The molecule has 0 unspecified atom stereocenters. The molecule has 1 aromatic heterocycles. The summed E-state index contributed by atoms with van der Waals surface area (Å²) in [5, 5.41) is 9.86. The molecule has 118 valence electrons. The third-order valence-electron chi connectivity index (χ3n) is 4.23.